The summed E-state index contributed by atoms with van der Waals surface area (Å²) in [4.78, 5) is 0. The molecule has 0 amide bonds. The van der Waals surface area contributed by atoms with E-state index in [1.165, 1.54) is 27.8 Å². The van der Waals surface area contributed by atoms with Crippen LogP contribution in [0.5, 0.6) is 0 Å². The average Bonchev–Trinajstić information content (AvgIpc) is 2.79. The van der Waals surface area contributed by atoms with Crippen molar-refractivity contribution >= 4 is 0 Å². The number of benzene rings is 1. The maximum Gasteiger partial charge on any atom is 0.0475 e. The van der Waals surface area contributed by atoms with Crippen molar-refractivity contribution in [2.75, 3.05) is 0 Å². The molecule has 0 spiro atoms. The molecule has 0 aliphatic heterocycles. The van der Waals surface area contributed by atoms with Gasteiger partial charge in [0.05, 0.1) is 0 Å². The number of nitrogens with one attached hydrogen (secondary N) is 1. The summed E-state index contributed by atoms with van der Waals surface area (Å²) in [7, 11) is 0. The predicted molar refractivity (Wildman–Crippen MR) is 86.2 cm³/mol. The molecule has 0 fully saturated rings. The number of aromatic nitrogens is 1. The second kappa shape index (κ2) is 6.27. The van der Waals surface area contributed by atoms with Crippen LogP contribution in [0.2, 0.25) is 0 Å². The van der Waals surface area contributed by atoms with E-state index in [1.807, 2.05) is 0 Å². The van der Waals surface area contributed by atoms with Crippen molar-refractivity contribution in [2.24, 2.45) is 0 Å². The van der Waals surface area contributed by atoms with Gasteiger partial charge in [-0.05, 0) is 49.1 Å². The SMILES string of the molecule is Cc1cc(C)c(Cn2ccc(CNC(C)C)c2)c(C)c1. The lowest BCUT2D eigenvalue weighted by molar-refractivity contribution is 0.588. The third-order valence-corrected chi connectivity index (χ3v) is 3.71. The zero-order valence-electron chi connectivity index (χ0n) is 13.3. The van der Waals surface area contributed by atoms with Crippen LogP contribution in [0.1, 0.15) is 41.7 Å². The third-order valence-electron chi connectivity index (χ3n) is 3.71. The maximum atomic E-state index is 3.46. The Bertz CT molecular complexity index is 556. The summed E-state index contributed by atoms with van der Waals surface area (Å²) in [5.41, 5.74) is 6.91. The van der Waals surface area contributed by atoms with E-state index in [4.69, 9.17) is 0 Å². The fourth-order valence-electron chi connectivity index (χ4n) is 2.66. The van der Waals surface area contributed by atoms with Crippen molar-refractivity contribution in [3.8, 4) is 0 Å². The summed E-state index contributed by atoms with van der Waals surface area (Å²) in [6.45, 7) is 12.8. The molecule has 108 valence electrons. The van der Waals surface area contributed by atoms with Crippen molar-refractivity contribution in [1.82, 2.24) is 9.88 Å². The Labute approximate surface area is 122 Å². The Hall–Kier alpha value is -1.54. The molecule has 0 aliphatic carbocycles. The summed E-state index contributed by atoms with van der Waals surface area (Å²) in [6.07, 6.45) is 4.42. The van der Waals surface area contributed by atoms with Gasteiger partial charge in [0.2, 0.25) is 0 Å². The molecule has 2 heteroatoms. The zero-order valence-corrected chi connectivity index (χ0v) is 13.3. The number of aryl methyl sites for hydroxylation is 3. The van der Waals surface area contributed by atoms with Crippen LogP contribution in [-0.4, -0.2) is 10.6 Å². The van der Waals surface area contributed by atoms with Crippen molar-refractivity contribution < 1.29 is 0 Å². The van der Waals surface area contributed by atoms with Crippen LogP contribution in [0.3, 0.4) is 0 Å². The largest absolute Gasteiger partial charge is 0.350 e. The van der Waals surface area contributed by atoms with Gasteiger partial charge in [-0.2, -0.15) is 0 Å². The summed E-state index contributed by atoms with van der Waals surface area (Å²) >= 11 is 0. The molecule has 0 aliphatic rings. The van der Waals surface area contributed by atoms with E-state index in [0.29, 0.717) is 6.04 Å². The molecule has 0 bridgehead atoms. The molecule has 2 aromatic rings. The lowest BCUT2D eigenvalue weighted by atomic mass is 10.00. The average molecular weight is 270 g/mol. The van der Waals surface area contributed by atoms with Crippen LogP contribution in [0.15, 0.2) is 30.6 Å². The zero-order chi connectivity index (χ0) is 14.7. The molecule has 1 heterocycles. The number of hydrogen-bond acceptors (Lipinski definition) is 1. The van der Waals surface area contributed by atoms with Crippen LogP contribution < -0.4 is 5.32 Å². The van der Waals surface area contributed by atoms with E-state index >= 15 is 0 Å². The Balaban J connectivity index is 2.11. The second-order valence-electron chi connectivity index (χ2n) is 6.10. The van der Waals surface area contributed by atoms with E-state index in [1.54, 1.807) is 0 Å². The predicted octanol–water partition coefficient (Wildman–Crippen LogP) is 3.96. The van der Waals surface area contributed by atoms with Gasteiger partial charge in [0.25, 0.3) is 0 Å². The number of nitrogens with zero attached hydrogens (tertiary/aromatic N) is 1. The third kappa shape index (κ3) is 3.73. The van der Waals surface area contributed by atoms with Crippen molar-refractivity contribution in [3.05, 3.63) is 58.4 Å². The van der Waals surface area contributed by atoms with Gasteiger partial charge in [0, 0.05) is 31.5 Å². The summed E-state index contributed by atoms with van der Waals surface area (Å²) < 4.78 is 2.28. The highest BCUT2D eigenvalue weighted by molar-refractivity contribution is 5.37. The lowest BCUT2D eigenvalue weighted by Gasteiger charge is -2.12. The molecule has 2 rings (SSSR count). The standard InChI is InChI=1S/C18H26N2/c1-13(2)19-10-17-6-7-20(11-17)12-18-15(4)8-14(3)9-16(18)5/h6-9,11,13,19H,10,12H2,1-5H3. The van der Waals surface area contributed by atoms with Gasteiger partial charge in [-0.1, -0.05) is 31.5 Å². The van der Waals surface area contributed by atoms with Gasteiger partial charge < -0.3 is 9.88 Å². The van der Waals surface area contributed by atoms with Gasteiger partial charge in [-0.3, -0.25) is 0 Å². The Morgan fingerprint density at radius 1 is 1.10 bits per heavy atom. The van der Waals surface area contributed by atoms with Gasteiger partial charge in [-0.15, -0.1) is 0 Å². The molecular weight excluding hydrogens is 244 g/mol. The molecule has 2 nitrogen and oxygen atoms in total. The molecule has 0 saturated carbocycles. The summed E-state index contributed by atoms with van der Waals surface area (Å²) in [6, 6.07) is 7.27. The van der Waals surface area contributed by atoms with E-state index in [0.717, 1.165) is 13.1 Å². The fourth-order valence-corrected chi connectivity index (χ4v) is 2.66. The first kappa shape index (κ1) is 14.9. The van der Waals surface area contributed by atoms with Gasteiger partial charge in [-0.25, -0.2) is 0 Å². The minimum absolute atomic E-state index is 0.528. The molecule has 0 radical (unpaired) electrons. The van der Waals surface area contributed by atoms with E-state index in [2.05, 4.69) is 75.1 Å². The van der Waals surface area contributed by atoms with Crippen LogP contribution in [-0.2, 0) is 13.1 Å². The molecular formula is C18H26N2. The van der Waals surface area contributed by atoms with E-state index < -0.39 is 0 Å². The highest BCUT2D eigenvalue weighted by atomic mass is 14.9. The molecule has 0 unspecified atom stereocenters. The summed E-state index contributed by atoms with van der Waals surface area (Å²) in [5.74, 6) is 0. The van der Waals surface area contributed by atoms with Crippen molar-refractivity contribution in [1.29, 1.82) is 0 Å². The maximum absolute atomic E-state index is 3.46. The van der Waals surface area contributed by atoms with E-state index in [-0.39, 0.29) is 0 Å². The number of hydrogen-bond donors (Lipinski definition) is 1. The van der Waals surface area contributed by atoms with Crippen LogP contribution in [0.4, 0.5) is 0 Å². The molecule has 1 aromatic carbocycles. The van der Waals surface area contributed by atoms with Crippen LogP contribution in [0, 0.1) is 20.8 Å². The van der Waals surface area contributed by atoms with Gasteiger partial charge in [0.15, 0.2) is 0 Å². The highest BCUT2D eigenvalue weighted by Crippen LogP contribution is 2.18. The Kier molecular flexibility index (Phi) is 4.66. The first-order chi connectivity index (χ1) is 9.45. The van der Waals surface area contributed by atoms with E-state index in [9.17, 15) is 0 Å². The van der Waals surface area contributed by atoms with Crippen LogP contribution in [0.25, 0.3) is 0 Å². The minimum atomic E-state index is 0.528. The lowest BCUT2D eigenvalue weighted by Crippen LogP contribution is -2.21. The highest BCUT2D eigenvalue weighted by Gasteiger charge is 2.05. The topological polar surface area (TPSA) is 17.0 Å². The van der Waals surface area contributed by atoms with Crippen molar-refractivity contribution in [2.45, 2.75) is 53.8 Å². The molecule has 1 N–H and O–H groups in total. The summed E-state index contributed by atoms with van der Waals surface area (Å²) in [5, 5.41) is 3.46. The molecule has 1 aromatic heterocycles. The molecule has 0 saturated heterocycles. The quantitative estimate of drug-likeness (QED) is 0.870. The van der Waals surface area contributed by atoms with Crippen LogP contribution >= 0.6 is 0 Å². The van der Waals surface area contributed by atoms with Gasteiger partial charge >= 0.3 is 0 Å². The Morgan fingerprint density at radius 3 is 2.35 bits per heavy atom. The Morgan fingerprint density at radius 2 is 1.75 bits per heavy atom. The number of rotatable bonds is 5. The molecule has 20 heavy (non-hydrogen) atoms. The first-order valence-corrected chi connectivity index (χ1v) is 7.40. The normalized spacial score (nSPS) is 11.3. The molecule has 0 atom stereocenters. The van der Waals surface area contributed by atoms with Gasteiger partial charge in [0.1, 0.15) is 0 Å². The second-order valence-corrected chi connectivity index (χ2v) is 6.10. The monoisotopic (exact) mass is 270 g/mol. The van der Waals surface area contributed by atoms with Crippen molar-refractivity contribution in [3.63, 3.8) is 0 Å². The fraction of sp³-hybridized carbons (Fsp3) is 0.444. The minimum Gasteiger partial charge on any atom is -0.350 e. The first-order valence-electron chi connectivity index (χ1n) is 7.40. The smallest absolute Gasteiger partial charge is 0.0475 e.